The summed E-state index contributed by atoms with van der Waals surface area (Å²) in [7, 11) is 0. The smallest absolute Gasteiger partial charge is 0.148 e. The van der Waals surface area contributed by atoms with E-state index in [1.807, 2.05) is 6.20 Å². The topological polar surface area (TPSA) is 69.7 Å². The summed E-state index contributed by atoms with van der Waals surface area (Å²) in [6.07, 6.45) is 12.4. The number of nitrogens with one attached hydrogen (secondary N) is 2. The molecule has 1 saturated carbocycles. The molecule has 1 aliphatic heterocycles. The summed E-state index contributed by atoms with van der Waals surface area (Å²) in [5, 5.41) is 12.4. The zero-order valence-corrected chi connectivity index (χ0v) is 14.8. The molecule has 134 valence electrons. The van der Waals surface area contributed by atoms with Crippen molar-refractivity contribution in [2.24, 2.45) is 5.92 Å². The molecule has 0 unspecified atom stereocenters. The van der Waals surface area contributed by atoms with Crippen LogP contribution in [0.25, 0.3) is 0 Å². The van der Waals surface area contributed by atoms with Crippen molar-refractivity contribution in [1.29, 1.82) is 0 Å². The second kappa shape index (κ2) is 7.95. The Morgan fingerprint density at radius 1 is 1.12 bits per heavy atom. The second-order valence-corrected chi connectivity index (χ2v) is 7.56. The third-order valence-corrected chi connectivity index (χ3v) is 5.48. The van der Waals surface area contributed by atoms with Crippen LogP contribution in [0, 0.1) is 5.92 Å². The summed E-state index contributed by atoms with van der Waals surface area (Å²) in [4.78, 5) is 9.83. The normalized spacial score (nSPS) is 22.3. The molecule has 6 nitrogen and oxygen atoms in total. The monoisotopic (exact) mass is 340 g/mol. The first kappa shape index (κ1) is 16.5. The number of aromatic nitrogens is 4. The van der Waals surface area contributed by atoms with Crippen molar-refractivity contribution in [3.63, 3.8) is 0 Å². The first-order chi connectivity index (χ1) is 12.3. The Bertz CT molecular complexity index is 632. The molecule has 1 saturated heterocycles. The summed E-state index contributed by atoms with van der Waals surface area (Å²) in [5.41, 5.74) is 2.31. The average Bonchev–Trinajstić information content (AvgIpc) is 3.31. The number of anilines is 1. The number of hydrogen-bond acceptors (Lipinski definition) is 5. The molecule has 0 amide bonds. The highest BCUT2D eigenvalue weighted by Crippen LogP contribution is 2.23. The highest BCUT2D eigenvalue weighted by Gasteiger charge is 2.21. The van der Waals surface area contributed by atoms with Crippen molar-refractivity contribution in [3.05, 3.63) is 36.0 Å². The van der Waals surface area contributed by atoms with Gasteiger partial charge in [0.05, 0.1) is 12.0 Å². The molecule has 3 heterocycles. The van der Waals surface area contributed by atoms with Crippen LogP contribution in [0.5, 0.6) is 0 Å². The average molecular weight is 340 g/mol. The number of nitrogens with zero attached hydrogens (tertiary/aromatic N) is 4. The zero-order chi connectivity index (χ0) is 16.9. The van der Waals surface area contributed by atoms with E-state index in [1.54, 1.807) is 6.33 Å². The van der Waals surface area contributed by atoms with Gasteiger partial charge in [0.1, 0.15) is 5.82 Å². The van der Waals surface area contributed by atoms with Crippen molar-refractivity contribution in [2.45, 2.75) is 57.5 Å². The van der Waals surface area contributed by atoms with Gasteiger partial charge in [-0.2, -0.15) is 5.10 Å². The molecule has 2 N–H and O–H groups in total. The van der Waals surface area contributed by atoms with Gasteiger partial charge in [0.25, 0.3) is 0 Å². The van der Waals surface area contributed by atoms with Gasteiger partial charge < -0.3 is 10.3 Å². The van der Waals surface area contributed by atoms with E-state index in [-0.39, 0.29) is 0 Å². The van der Waals surface area contributed by atoms with Crippen LogP contribution in [0.4, 0.5) is 5.82 Å². The Morgan fingerprint density at radius 3 is 2.80 bits per heavy atom. The van der Waals surface area contributed by atoms with Gasteiger partial charge in [0, 0.05) is 31.0 Å². The third-order valence-electron chi connectivity index (χ3n) is 5.48. The molecule has 25 heavy (non-hydrogen) atoms. The van der Waals surface area contributed by atoms with Gasteiger partial charge in [-0.1, -0.05) is 12.8 Å². The molecular weight excluding hydrogens is 312 g/mol. The van der Waals surface area contributed by atoms with Crippen LogP contribution in [0.15, 0.2) is 24.7 Å². The minimum absolute atomic E-state index is 0.592. The fourth-order valence-electron chi connectivity index (χ4n) is 4.19. The van der Waals surface area contributed by atoms with Gasteiger partial charge in [0.2, 0.25) is 0 Å². The van der Waals surface area contributed by atoms with Crippen LogP contribution < -0.4 is 5.32 Å². The zero-order valence-electron chi connectivity index (χ0n) is 14.8. The summed E-state index contributed by atoms with van der Waals surface area (Å²) in [5.74, 6) is 1.60. The van der Waals surface area contributed by atoms with Gasteiger partial charge in [-0.3, -0.25) is 4.90 Å². The maximum atomic E-state index is 4.47. The van der Waals surface area contributed by atoms with Crippen molar-refractivity contribution >= 4 is 5.82 Å². The molecule has 2 aromatic heterocycles. The minimum atomic E-state index is 0.592. The van der Waals surface area contributed by atoms with Gasteiger partial charge in [0.15, 0.2) is 0 Å². The van der Waals surface area contributed by atoms with Crippen LogP contribution in [0.1, 0.15) is 49.9 Å². The molecule has 2 aliphatic rings. The van der Waals surface area contributed by atoms with Crippen molar-refractivity contribution in [3.8, 4) is 0 Å². The van der Waals surface area contributed by atoms with E-state index < -0.39 is 0 Å². The van der Waals surface area contributed by atoms with Gasteiger partial charge in [-0.15, -0.1) is 5.10 Å². The summed E-state index contributed by atoms with van der Waals surface area (Å²) in [6, 6.07) is 4.85. The number of hydrogen-bond donors (Lipinski definition) is 2. The Hall–Kier alpha value is -1.95. The van der Waals surface area contributed by atoms with Crippen molar-refractivity contribution < 1.29 is 0 Å². The highest BCUT2D eigenvalue weighted by molar-refractivity contribution is 5.34. The molecule has 2 aromatic rings. The van der Waals surface area contributed by atoms with E-state index in [1.165, 1.54) is 50.8 Å². The van der Waals surface area contributed by atoms with E-state index in [2.05, 4.69) is 42.5 Å². The van der Waals surface area contributed by atoms with E-state index >= 15 is 0 Å². The lowest BCUT2D eigenvalue weighted by Gasteiger charge is -2.32. The van der Waals surface area contributed by atoms with Gasteiger partial charge >= 0.3 is 0 Å². The molecule has 0 aromatic carbocycles. The molecular formula is C19H28N6. The van der Waals surface area contributed by atoms with Gasteiger partial charge in [-0.05, 0) is 56.7 Å². The lowest BCUT2D eigenvalue weighted by atomic mass is 9.93. The van der Waals surface area contributed by atoms with E-state index in [0.717, 1.165) is 31.0 Å². The molecule has 0 bridgehead atoms. The van der Waals surface area contributed by atoms with Crippen LogP contribution in [-0.2, 0) is 13.0 Å². The molecule has 0 spiro atoms. The Morgan fingerprint density at radius 2 is 2.04 bits per heavy atom. The number of likely N-dealkylation sites (tertiary alicyclic amines) is 1. The molecule has 4 rings (SSSR count). The Balaban J connectivity index is 1.28. The van der Waals surface area contributed by atoms with Crippen LogP contribution in [0.3, 0.4) is 0 Å². The number of imidazole rings is 1. The fraction of sp³-hybridized carbons (Fsp3) is 0.632. The predicted octanol–water partition coefficient (Wildman–Crippen LogP) is 3.01. The molecule has 0 radical (unpaired) electrons. The van der Waals surface area contributed by atoms with E-state index in [0.29, 0.717) is 12.0 Å². The maximum absolute atomic E-state index is 4.47. The Labute approximate surface area is 149 Å². The number of H-pyrrole nitrogens is 1. The van der Waals surface area contributed by atoms with Gasteiger partial charge in [-0.25, -0.2) is 4.98 Å². The van der Waals surface area contributed by atoms with E-state index in [9.17, 15) is 0 Å². The van der Waals surface area contributed by atoms with Crippen LogP contribution in [0.2, 0.25) is 0 Å². The Kier molecular flexibility index (Phi) is 5.25. The molecule has 2 fully saturated rings. The summed E-state index contributed by atoms with van der Waals surface area (Å²) < 4.78 is 0. The van der Waals surface area contributed by atoms with Crippen LogP contribution >= 0.6 is 0 Å². The van der Waals surface area contributed by atoms with Crippen molar-refractivity contribution in [2.75, 3.05) is 18.4 Å². The standard InChI is InChI=1S/C19H28N6/c1-2-6-16(5-1)22-19-8-7-17(23-24-19)10-15-4-3-9-25(12-15)13-18-11-20-14-21-18/h7-8,11,14-16H,1-6,9-10,12-13H2,(H,20,21)(H,22,24)/t15-/m0/s1. The summed E-state index contributed by atoms with van der Waals surface area (Å²) in [6.45, 7) is 3.26. The van der Waals surface area contributed by atoms with E-state index in [4.69, 9.17) is 0 Å². The second-order valence-electron chi connectivity index (χ2n) is 7.56. The highest BCUT2D eigenvalue weighted by atomic mass is 15.2. The lowest BCUT2D eigenvalue weighted by Crippen LogP contribution is -2.36. The third kappa shape index (κ3) is 4.57. The molecule has 1 atom stereocenters. The summed E-state index contributed by atoms with van der Waals surface area (Å²) >= 11 is 0. The first-order valence-electron chi connectivity index (χ1n) is 9.64. The van der Waals surface area contributed by atoms with Crippen molar-refractivity contribution in [1.82, 2.24) is 25.1 Å². The maximum Gasteiger partial charge on any atom is 0.148 e. The molecule has 6 heteroatoms. The number of aromatic amines is 1. The number of rotatable bonds is 6. The quantitative estimate of drug-likeness (QED) is 0.846. The first-order valence-corrected chi connectivity index (χ1v) is 9.64. The minimum Gasteiger partial charge on any atom is -0.366 e. The fourth-order valence-corrected chi connectivity index (χ4v) is 4.19. The SMILES string of the molecule is c1ncc(CN2CCC[C@@H](Cc3ccc(NC4CCCC4)nn3)C2)[nH]1. The van der Waals surface area contributed by atoms with Crippen LogP contribution in [-0.4, -0.2) is 44.2 Å². The largest absolute Gasteiger partial charge is 0.366 e. The predicted molar refractivity (Wildman–Crippen MR) is 98.2 cm³/mol. The number of piperidine rings is 1. The molecule has 1 aliphatic carbocycles. The lowest BCUT2D eigenvalue weighted by molar-refractivity contribution is 0.165.